The first-order chi connectivity index (χ1) is 20.1. The third-order valence-corrected chi connectivity index (χ3v) is 8.17. The van der Waals surface area contributed by atoms with Gasteiger partial charge in [0.15, 0.2) is 5.82 Å². The lowest BCUT2D eigenvalue weighted by atomic mass is 9.96. The molecule has 0 radical (unpaired) electrons. The van der Waals surface area contributed by atoms with Crippen LogP contribution in [-0.2, 0) is 0 Å². The third kappa shape index (κ3) is 4.65. The van der Waals surface area contributed by atoms with Gasteiger partial charge in [0.2, 0.25) is 5.88 Å². The van der Waals surface area contributed by atoms with Crippen molar-refractivity contribution in [3.05, 3.63) is 41.7 Å². The molecule has 2 fully saturated rings. The molecule has 2 aromatic carbocycles. The maximum atomic E-state index is 16.7. The summed E-state index contributed by atoms with van der Waals surface area (Å²) in [7, 11) is 0. The lowest BCUT2D eigenvalue weighted by Crippen LogP contribution is -2.53. The van der Waals surface area contributed by atoms with Gasteiger partial charge in [0, 0.05) is 42.7 Å². The number of benzene rings is 2. The van der Waals surface area contributed by atoms with Crippen LogP contribution in [0.1, 0.15) is 24.8 Å². The van der Waals surface area contributed by atoms with Crippen LogP contribution < -0.4 is 19.7 Å². The van der Waals surface area contributed by atoms with Gasteiger partial charge >= 0.3 is 6.01 Å². The molecular weight excluding hydrogens is 523 g/mol. The Kier molecular flexibility index (Phi) is 6.69. The lowest BCUT2D eigenvalue weighted by molar-refractivity contribution is 0.250. The molecule has 5 heterocycles. The van der Waals surface area contributed by atoms with Crippen LogP contribution in [0.15, 0.2) is 30.3 Å². The first-order valence-corrected chi connectivity index (χ1v) is 14.2. The Morgan fingerprint density at radius 3 is 2.88 bits per heavy atom. The van der Waals surface area contributed by atoms with Crippen molar-refractivity contribution in [3.63, 3.8) is 0 Å². The van der Waals surface area contributed by atoms with Crippen LogP contribution in [0.4, 0.5) is 10.2 Å². The van der Waals surface area contributed by atoms with Crippen molar-refractivity contribution in [1.29, 1.82) is 0 Å². The number of rotatable bonds is 6. The fourth-order valence-corrected chi connectivity index (χ4v) is 6.20. The van der Waals surface area contributed by atoms with E-state index in [1.807, 2.05) is 6.07 Å². The molecule has 41 heavy (non-hydrogen) atoms. The standard InChI is InChI=1S/C31H31FN6O3/c1-2-19-7-5-8-20-15-22(39)16-23(24(19)20)27-26(32)28-25-29(38-13-9-33-17-21(38)18-41-30(25)34-27)36-31(35-28)40-14-6-12-37-10-3-4-11-37/h1,5,7-8,15-16,21,33,39H,3-4,6,9-14,17-18H2. The Balaban J connectivity index is 1.37. The number of hydrogen-bond acceptors (Lipinski definition) is 9. The lowest BCUT2D eigenvalue weighted by Gasteiger charge is -2.35. The van der Waals surface area contributed by atoms with E-state index in [2.05, 4.69) is 31.0 Å². The number of nitrogens with zero attached hydrogens (tertiary/aromatic N) is 5. The van der Waals surface area contributed by atoms with Crippen LogP contribution in [-0.4, -0.2) is 83.5 Å². The molecular formula is C31H31FN6O3. The highest BCUT2D eigenvalue weighted by Gasteiger charge is 2.34. The molecule has 7 rings (SSSR count). The summed E-state index contributed by atoms with van der Waals surface area (Å²) in [6.45, 7) is 6.11. The molecule has 0 aliphatic carbocycles. The van der Waals surface area contributed by atoms with Crippen molar-refractivity contribution < 1.29 is 19.0 Å². The number of pyridine rings is 1. The molecule has 1 atom stereocenters. The summed E-state index contributed by atoms with van der Waals surface area (Å²) < 4.78 is 28.9. The number of likely N-dealkylation sites (tertiary alicyclic amines) is 1. The first kappa shape index (κ1) is 25.7. The van der Waals surface area contributed by atoms with Crippen LogP contribution in [0.25, 0.3) is 32.9 Å². The van der Waals surface area contributed by atoms with E-state index < -0.39 is 5.82 Å². The van der Waals surface area contributed by atoms with Gasteiger partial charge in [0.1, 0.15) is 34.8 Å². The number of ether oxygens (including phenoxy) is 2. The fourth-order valence-electron chi connectivity index (χ4n) is 6.20. The number of halogens is 1. The monoisotopic (exact) mass is 554 g/mol. The van der Waals surface area contributed by atoms with E-state index in [0.29, 0.717) is 59.4 Å². The van der Waals surface area contributed by atoms with Crippen LogP contribution in [0, 0.1) is 18.2 Å². The second-order valence-electron chi connectivity index (χ2n) is 10.8. The number of phenols is 1. The van der Waals surface area contributed by atoms with Gasteiger partial charge in [0.25, 0.3) is 0 Å². The molecule has 2 aromatic heterocycles. The number of hydrogen-bond donors (Lipinski definition) is 2. The van der Waals surface area contributed by atoms with Gasteiger partial charge in [-0.05, 0) is 55.9 Å². The molecule has 210 valence electrons. The molecule has 0 bridgehead atoms. The summed E-state index contributed by atoms with van der Waals surface area (Å²) in [6.07, 6.45) is 9.12. The zero-order valence-corrected chi connectivity index (χ0v) is 22.7. The number of phenolic OH excluding ortho intramolecular Hbond substituents is 1. The van der Waals surface area contributed by atoms with Gasteiger partial charge in [-0.15, -0.1) is 6.42 Å². The average molecular weight is 555 g/mol. The van der Waals surface area contributed by atoms with E-state index >= 15 is 4.39 Å². The molecule has 3 aliphatic rings. The highest BCUT2D eigenvalue weighted by Crippen LogP contribution is 2.43. The van der Waals surface area contributed by atoms with Gasteiger partial charge < -0.3 is 29.7 Å². The molecule has 0 spiro atoms. The second kappa shape index (κ2) is 10.7. The van der Waals surface area contributed by atoms with Crippen molar-refractivity contribution in [2.45, 2.75) is 25.3 Å². The zero-order valence-electron chi connectivity index (χ0n) is 22.7. The second-order valence-corrected chi connectivity index (χ2v) is 10.8. The number of terminal acetylenes is 1. The third-order valence-electron chi connectivity index (χ3n) is 8.17. The quantitative estimate of drug-likeness (QED) is 0.273. The topological polar surface area (TPSA) is 95.9 Å². The van der Waals surface area contributed by atoms with E-state index in [4.69, 9.17) is 20.9 Å². The minimum atomic E-state index is -0.648. The highest BCUT2D eigenvalue weighted by molar-refractivity contribution is 6.04. The molecule has 3 aliphatic heterocycles. The largest absolute Gasteiger partial charge is 0.508 e. The maximum absolute atomic E-state index is 16.7. The molecule has 2 saturated heterocycles. The predicted octanol–water partition coefficient (Wildman–Crippen LogP) is 3.71. The smallest absolute Gasteiger partial charge is 0.319 e. The van der Waals surface area contributed by atoms with E-state index in [9.17, 15) is 5.11 Å². The van der Waals surface area contributed by atoms with Gasteiger partial charge in [-0.2, -0.15) is 9.97 Å². The van der Waals surface area contributed by atoms with Crippen LogP contribution in [0.3, 0.4) is 0 Å². The number of anilines is 1. The molecule has 0 amide bonds. The Hall–Kier alpha value is -4.20. The van der Waals surface area contributed by atoms with Crippen molar-refractivity contribution in [2.24, 2.45) is 0 Å². The average Bonchev–Trinajstić information content (AvgIpc) is 3.46. The van der Waals surface area contributed by atoms with E-state index in [1.54, 1.807) is 18.2 Å². The van der Waals surface area contributed by atoms with Crippen LogP contribution in [0.2, 0.25) is 0 Å². The Labute approximate surface area is 237 Å². The highest BCUT2D eigenvalue weighted by atomic mass is 19.1. The Bertz CT molecular complexity index is 1680. The Morgan fingerprint density at radius 1 is 1.15 bits per heavy atom. The summed E-state index contributed by atoms with van der Waals surface area (Å²) in [5.41, 5.74) is 1.00. The Morgan fingerprint density at radius 2 is 2.02 bits per heavy atom. The van der Waals surface area contributed by atoms with Gasteiger partial charge in [-0.1, -0.05) is 18.1 Å². The van der Waals surface area contributed by atoms with Gasteiger partial charge in [-0.25, -0.2) is 9.37 Å². The summed E-state index contributed by atoms with van der Waals surface area (Å²) in [5, 5.41) is 15.7. The van der Waals surface area contributed by atoms with Crippen molar-refractivity contribution >= 4 is 27.5 Å². The number of nitrogens with one attached hydrogen (secondary N) is 1. The van der Waals surface area contributed by atoms with Gasteiger partial charge in [-0.3, -0.25) is 0 Å². The molecule has 9 nitrogen and oxygen atoms in total. The molecule has 10 heteroatoms. The zero-order chi connectivity index (χ0) is 27.9. The van der Waals surface area contributed by atoms with Gasteiger partial charge in [0.05, 0.1) is 12.6 Å². The number of piperazine rings is 1. The van der Waals surface area contributed by atoms with Crippen LogP contribution >= 0.6 is 0 Å². The number of aromatic hydroxyl groups is 1. The maximum Gasteiger partial charge on any atom is 0.319 e. The summed E-state index contributed by atoms with van der Waals surface area (Å²) in [6, 6.07) is 8.61. The van der Waals surface area contributed by atoms with Crippen LogP contribution in [0.5, 0.6) is 17.6 Å². The van der Waals surface area contributed by atoms with E-state index in [-0.39, 0.29) is 34.9 Å². The SMILES string of the molecule is C#Cc1cccc2cc(O)cc(-c3nc4c5c(nc(OCCCN6CCCC6)nc5c3F)N3CCNCC3CO4)c12. The molecule has 0 saturated carbocycles. The van der Waals surface area contributed by atoms with Crippen molar-refractivity contribution in [1.82, 2.24) is 25.2 Å². The molecule has 4 aromatic rings. The minimum absolute atomic E-state index is 0.00118. The van der Waals surface area contributed by atoms with Crippen molar-refractivity contribution in [3.8, 4) is 41.2 Å². The summed E-state index contributed by atoms with van der Waals surface area (Å²) in [5.74, 6) is 2.82. The number of aromatic nitrogens is 3. The molecule has 1 unspecified atom stereocenters. The van der Waals surface area contributed by atoms with Crippen molar-refractivity contribution in [2.75, 3.05) is 57.4 Å². The summed E-state index contributed by atoms with van der Waals surface area (Å²) in [4.78, 5) is 18.6. The minimum Gasteiger partial charge on any atom is -0.508 e. The number of fused-ring (bicyclic) bond motifs is 3. The first-order valence-electron chi connectivity index (χ1n) is 14.2. The molecule has 2 N–H and O–H groups in total. The normalized spacial score (nSPS) is 18.6. The predicted molar refractivity (Wildman–Crippen MR) is 155 cm³/mol. The van der Waals surface area contributed by atoms with E-state index in [0.717, 1.165) is 32.6 Å². The summed E-state index contributed by atoms with van der Waals surface area (Å²) >= 11 is 0. The van der Waals surface area contributed by atoms with E-state index in [1.165, 1.54) is 18.9 Å². The fraction of sp³-hybridized carbons (Fsp3) is 0.387.